The van der Waals surface area contributed by atoms with Crippen molar-refractivity contribution in [3.8, 4) is 5.75 Å². The predicted molar refractivity (Wildman–Crippen MR) is 77.9 cm³/mol. The fourth-order valence-electron chi connectivity index (χ4n) is 2.53. The van der Waals surface area contributed by atoms with Crippen LogP contribution < -0.4 is 4.74 Å². The van der Waals surface area contributed by atoms with E-state index in [4.69, 9.17) is 9.47 Å². The molecule has 1 amide bonds. The number of esters is 1. The lowest BCUT2D eigenvalue weighted by molar-refractivity contribution is -0.154. The molecular weight excluding hydrogens is 270 g/mol. The molecule has 1 fully saturated rings. The van der Waals surface area contributed by atoms with E-state index in [1.807, 2.05) is 30.3 Å². The number of piperidine rings is 1. The third kappa shape index (κ3) is 4.21. The third-order valence-electron chi connectivity index (χ3n) is 3.62. The predicted octanol–water partition coefficient (Wildman–Crippen LogP) is 2.01. The lowest BCUT2D eigenvalue weighted by Crippen LogP contribution is -2.48. The van der Waals surface area contributed by atoms with Gasteiger partial charge in [-0.15, -0.1) is 0 Å². The summed E-state index contributed by atoms with van der Waals surface area (Å²) in [7, 11) is 1.36. The van der Waals surface area contributed by atoms with E-state index in [9.17, 15) is 9.59 Å². The van der Waals surface area contributed by atoms with Crippen LogP contribution in [-0.4, -0.2) is 43.1 Å². The molecule has 0 unspecified atom stereocenters. The third-order valence-corrected chi connectivity index (χ3v) is 3.62. The quantitative estimate of drug-likeness (QED) is 0.779. The highest BCUT2D eigenvalue weighted by atomic mass is 16.5. The van der Waals surface area contributed by atoms with Crippen molar-refractivity contribution in [3.05, 3.63) is 30.3 Å². The fraction of sp³-hybridized carbons (Fsp3) is 0.500. The second kappa shape index (κ2) is 7.67. The zero-order chi connectivity index (χ0) is 15.1. The molecule has 1 atom stereocenters. The van der Waals surface area contributed by atoms with Gasteiger partial charge in [-0.05, 0) is 31.4 Å². The molecular formula is C16H21NO4. The molecule has 1 heterocycles. The molecule has 0 saturated carbocycles. The molecule has 0 bridgehead atoms. The zero-order valence-electron chi connectivity index (χ0n) is 12.3. The highest BCUT2D eigenvalue weighted by Gasteiger charge is 2.32. The summed E-state index contributed by atoms with van der Waals surface area (Å²) in [5, 5.41) is 0. The lowest BCUT2D eigenvalue weighted by atomic mass is 10.0. The lowest BCUT2D eigenvalue weighted by Gasteiger charge is -2.33. The summed E-state index contributed by atoms with van der Waals surface area (Å²) in [4.78, 5) is 25.6. The van der Waals surface area contributed by atoms with Crippen molar-refractivity contribution >= 4 is 11.9 Å². The molecule has 1 aliphatic heterocycles. The van der Waals surface area contributed by atoms with Crippen molar-refractivity contribution in [2.24, 2.45) is 0 Å². The number of para-hydroxylation sites is 1. The van der Waals surface area contributed by atoms with Crippen molar-refractivity contribution in [1.82, 2.24) is 4.90 Å². The van der Waals surface area contributed by atoms with E-state index in [0.717, 1.165) is 18.6 Å². The van der Waals surface area contributed by atoms with Crippen LogP contribution in [0.5, 0.6) is 5.75 Å². The zero-order valence-corrected chi connectivity index (χ0v) is 12.3. The number of likely N-dealkylation sites (tertiary alicyclic amines) is 1. The number of ether oxygens (including phenoxy) is 2. The maximum absolute atomic E-state index is 12.3. The van der Waals surface area contributed by atoms with Crippen LogP contribution in [0.1, 0.15) is 25.7 Å². The summed E-state index contributed by atoms with van der Waals surface area (Å²) in [6.45, 7) is 0.928. The average Bonchev–Trinajstić information content (AvgIpc) is 2.55. The molecule has 0 radical (unpaired) electrons. The van der Waals surface area contributed by atoms with Gasteiger partial charge >= 0.3 is 5.97 Å². The van der Waals surface area contributed by atoms with Gasteiger partial charge in [0, 0.05) is 6.54 Å². The molecule has 0 aromatic heterocycles. The van der Waals surface area contributed by atoms with E-state index >= 15 is 0 Å². The second-order valence-electron chi connectivity index (χ2n) is 5.03. The van der Waals surface area contributed by atoms with Crippen LogP contribution in [0.25, 0.3) is 0 Å². The topological polar surface area (TPSA) is 55.8 Å². The van der Waals surface area contributed by atoms with Gasteiger partial charge in [0.25, 0.3) is 0 Å². The van der Waals surface area contributed by atoms with Crippen LogP contribution >= 0.6 is 0 Å². The van der Waals surface area contributed by atoms with Gasteiger partial charge in [0.1, 0.15) is 11.8 Å². The number of benzene rings is 1. The summed E-state index contributed by atoms with van der Waals surface area (Å²) in [5.74, 6) is 0.363. The average molecular weight is 291 g/mol. The number of hydrogen-bond acceptors (Lipinski definition) is 4. The molecule has 5 nitrogen and oxygen atoms in total. The summed E-state index contributed by atoms with van der Waals surface area (Å²) in [6.07, 6.45) is 2.82. The molecule has 1 aliphatic rings. The van der Waals surface area contributed by atoms with Gasteiger partial charge in [-0.3, -0.25) is 4.79 Å². The smallest absolute Gasteiger partial charge is 0.328 e. The van der Waals surface area contributed by atoms with Gasteiger partial charge in [0.2, 0.25) is 5.91 Å². The first-order valence-electron chi connectivity index (χ1n) is 7.27. The van der Waals surface area contributed by atoms with Gasteiger partial charge in [-0.1, -0.05) is 18.2 Å². The van der Waals surface area contributed by atoms with E-state index in [-0.39, 0.29) is 18.3 Å². The highest BCUT2D eigenvalue weighted by Crippen LogP contribution is 2.19. The van der Waals surface area contributed by atoms with Gasteiger partial charge in [-0.25, -0.2) is 4.79 Å². The van der Waals surface area contributed by atoms with Crippen LogP contribution in [0.3, 0.4) is 0 Å². The number of rotatable bonds is 5. The Labute approximate surface area is 124 Å². The number of nitrogens with zero attached hydrogens (tertiary/aromatic N) is 1. The van der Waals surface area contributed by atoms with Crippen LogP contribution in [-0.2, 0) is 14.3 Å². The molecule has 0 spiro atoms. The second-order valence-corrected chi connectivity index (χ2v) is 5.03. The highest BCUT2D eigenvalue weighted by molar-refractivity contribution is 5.84. The van der Waals surface area contributed by atoms with Crippen LogP contribution in [0, 0.1) is 0 Å². The van der Waals surface area contributed by atoms with Crippen molar-refractivity contribution in [2.75, 3.05) is 20.3 Å². The van der Waals surface area contributed by atoms with Gasteiger partial charge < -0.3 is 14.4 Å². The van der Waals surface area contributed by atoms with Crippen molar-refractivity contribution in [3.63, 3.8) is 0 Å². The molecule has 2 rings (SSSR count). The van der Waals surface area contributed by atoms with Crippen LogP contribution in [0.2, 0.25) is 0 Å². The van der Waals surface area contributed by atoms with Crippen LogP contribution in [0.4, 0.5) is 0 Å². The Balaban J connectivity index is 1.84. The van der Waals surface area contributed by atoms with E-state index in [2.05, 4.69) is 0 Å². The number of carbonyl (C=O) groups excluding carboxylic acids is 2. The van der Waals surface area contributed by atoms with Crippen molar-refractivity contribution in [2.45, 2.75) is 31.7 Å². The molecule has 0 aliphatic carbocycles. The van der Waals surface area contributed by atoms with E-state index in [1.54, 1.807) is 4.90 Å². The molecule has 114 valence electrons. The van der Waals surface area contributed by atoms with Gasteiger partial charge in [0.15, 0.2) is 0 Å². The Hall–Kier alpha value is -2.04. The summed E-state index contributed by atoms with van der Waals surface area (Å²) in [5.41, 5.74) is 0. The Morgan fingerprint density at radius 3 is 2.71 bits per heavy atom. The largest absolute Gasteiger partial charge is 0.493 e. The maximum atomic E-state index is 12.3. The van der Waals surface area contributed by atoms with E-state index in [1.165, 1.54) is 7.11 Å². The molecule has 0 N–H and O–H groups in total. The molecule has 5 heteroatoms. The number of carbonyl (C=O) groups is 2. The monoisotopic (exact) mass is 291 g/mol. The van der Waals surface area contributed by atoms with E-state index < -0.39 is 6.04 Å². The first-order chi connectivity index (χ1) is 10.2. The Morgan fingerprint density at radius 2 is 2.00 bits per heavy atom. The fourth-order valence-corrected chi connectivity index (χ4v) is 2.53. The molecule has 1 aromatic rings. The SMILES string of the molecule is COC(=O)[C@H]1CCCCN1C(=O)CCOc1ccccc1. The molecule has 21 heavy (non-hydrogen) atoms. The summed E-state index contributed by atoms with van der Waals surface area (Å²) < 4.78 is 10.3. The minimum atomic E-state index is -0.437. The maximum Gasteiger partial charge on any atom is 0.328 e. The minimum Gasteiger partial charge on any atom is -0.493 e. The van der Waals surface area contributed by atoms with Gasteiger partial charge in [-0.2, -0.15) is 0 Å². The number of methoxy groups -OCH3 is 1. The number of amides is 1. The normalized spacial score (nSPS) is 18.1. The van der Waals surface area contributed by atoms with Gasteiger partial charge in [0.05, 0.1) is 20.1 Å². The first-order valence-corrected chi connectivity index (χ1v) is 7.27. The molecule has 1 aromatic carbocycles. The Bertz CT molecular complexity index is 474. The molecule has 1 saturated heterocycles. The van der Waals surface area contributed by atoms with Crippen molar-refractivity contribution in [1.29, 1.82) is 0 Å². The standard InChI is InChI=1S/C16H21NO4/c1-20-16(19)14-9-5-6-11-17(14)15(18)10-12-21-13-7-3-2-4-8-13/h2-4,7-8,14H,5-6,9-12H2,1H3/t14-/m1/s1. The Morgan fingerprint density at radius 1 is 1.24 bits per heavy atom. The van der Waals surface area contributed by atoms with E-state index in [0.29, 0.717) is 19.6 Å². The first kappa shape index (κ1) is 15.4. The Kier molecular flexibility index (Phi) is 5.60. The summed E-state index contributed by atoms with van der Waals surface area (Å²) >= 11 is 0. The summed E-state index contributed by atoms with van der Waals surface area (Å²) in [6, 6.07) is 8.94. The van der Waals surface area contributed by atoms with Crippen LogP contribution in [0.15, 0.2) is 30.3 Å². The van der Waals surface area contributed by atoms with Crippen molar-refractivity contribution < 1.29 is 19.1 Å². The minimum absolute atomic E-state index is 0.0546. The number of hydrogen-bond donors (Lipinski definition) is 0.